The van der Waals surface area contributed by atoms with Gasteiger partial charge in [0, 0.05) is 23.2 Å². The summed E-state index contributed by atoms with van der Waals surface area (Å²) < 4.78 is 6.31. The summed E-state index contributed by atoms with van der Waals surface area (Å²) >= 11 is 3.45. The van der Waals surface area contributed by atoms with Crippen molar-refractivity contribution in [2.45, 2.75) is 6.92 Å². The van der Waals surface area contributed by atoms with E-state index in [0.717, 1.165) is 21.4 Å². The maximum absolute atomic E-state index is 12.3. The molecule has 0 saturated carbocycles. The van der Waals surface area contributed by atoms with Crippen LogP contribution in [-0.2, 0) is 4.74 Å². The summed E-state index contributed by atoms with van der Waals surface area (Å²) in [6.07, 6.45) is 1.69. The van der Waals surface area contributed by atoms with Crippen molar-refractivity contribution in [3.8, 4) is 0 Å². The Bertz CT molecular complexity index is 697. The lowest BCUT2D eigenvalue weighted by Gasteiger charge is -2.26. The molecular formula is C17H18BrN3O2. The fourth-order valence-electron chi connectivity index (χ4n) is 2.45. The molecule has 0 bridgehead atoms. The van der Waals surface area contributed by atoms with Gasteiger partial charge in [-0.15, -0.1) is 0 Å². The number of carbonyl (C=O) groups is 1. The Morgan fingerprint density at radius 1 is 1.26 bits per heavy atom. The highest BCUT2D eigenvalue weighted by Gasteiger charge is 2.19. The van der Waals surface area contributed by atoms with Gasteiger partial charge in [0.15, 0.2) is 0 Å². The van der Waals surface area contributed by atoms with Crippen LogP contribution in [0.15, 0.2) is 41.0 Å². The number of hydrogen-bond acceptors (Lipinski definition) is 4. The summed E-state index contributed by atoms with van der Waals surface area (Å²) in [7, 11) is 0. The molecular weight excluding hydrogens is 358 g/mol. The molecule has 23 heavy (non-hydrogen) atoms. The van der Waals surface area contributed by atoms with Gasteiger partial charge >= 0.3 is 0 Å². The largest absolute Gasteiger partial charge is 0.378 e. The molecule has 2 heterocycles. The van der Waals surface area contributed by atoms with Crippen molar-refractivity contribution in [2.75, 3.05) is 31.6 Å². The van der Waals surface area contributed by atoms with Gasteiger partial charge in [-0.25, -0.2) is 4.98 Å². The first-order chi connectivity index (χ1) is 11.1. The molecule has 0 atom stereocenters. The second-order valence-electron chi connectivity index (χ2n) is 5.42. The monoisotopic (exact) mass is 375 g/mol. The average molecular weight is 376 g/mol. The zero-order valence-corrected chi connectivity index (χ0v) is 14.5. The van der Waals surface area contributed by atoms with Crippen LogP contribution in [0, 0.1) is 6.92 Å². The molecule has 120 valence electrons. The van der Waals surface area contributed by atoms with Gasteiger partial charge in [0.25, 0.3) is 5.91 Å². The molecule has 5 nitrogen and oxygen atoms in total. The highest BCUT2D eigenvalue weighted by Crippen LogP contribution is 2.23. The minimum Gasteiger partial charge on any atom is -0.378 e. The smallest absolute Gasteiger partial charge is 0.272 e. The lowest BCUT2D eigenvalue weighted by molar-refractivity contribution is 0.0299. The van der Waals surface area contributed by atoms with E-state index in [4.69, 9.17) is 4.74 Å². The Kier molecular flexibility index (Phi) is 4.93. The molecule has 2 aromatic rings. The number of carbonyl (C=O) groups excluding carboxylic acids is 1. The van der Waals surface area contributed by atoms with E-state index in [1.807, 2.05) is 31.2 Å². The van der Waals surface area contributed by atoms with E-state index < -0.39 is 0 Å². The lowest BCUT2D eigenvalue weighted by atomic mass is 10.2. The Morgan fingerprint density at radius 2 is 2.04 bits per heavy atom. The van der Waals surface area contributed by atoms with E-state index in [1.165, 1.54) is 0 Å². The summed E-state index contributed by atoms with van der Waals surface area (Å²) in [4.78, 5) is 18.4. The molecule has 1 N–H and O–H groups in total. The molecule has 1 saturated heterocycles. The first-order valence-electron chi connectivity index (χ1n) is 7.50. The summed E-state index contributed by atoms with van der Waals surface area (Å²) in [5.41, 5.74) is 3.47. The van der Waals surface area contributed by atoms with Crippen molar-refractivity contribution < 1.29 is 9.53 Å². The van der Waals surface area contributed by atoms with Crippen molar-refractivity contribution in [1.82, 2.24) is 9.88 Å². The molecule has 1 aromatic carbocycles. The molecule has 1 fully saturated rings. The molecule has 6 heteroatoms. The fourth-order valence-corrected chi connectivity index (χ4v) is 2.92. The zero-order chi connectivity index (χ0) is 16.2. The minimum absolute atomic E-state index is 0.0420. The molecule has 3 rings (SSSR count). The number of nitrogens with zero attached hydrogens (tertiary/aromatic N) is 2. The maximum Gasteiger partial charge on any atom is 0.272 e. The number of benzene rings is 1. The summed E-state index contributed by atoms with van der Waals surface area (Å²) in [6.45, 7) is 4.47. The lowest BCUT2D eigenvalue weighted by Crippen LogP contribution is -2.41. The van der Waals surface area contributed by atoms with Crippen LogP contribution in [0.3, 0.4) is 0 Å². The zero-order valence-electron chi connectivity index (χ0n) is 12.9. The highest BCUT2D eigenvalue weighted by molar-refractivity contribution is 9.10. The van der Waals surface area contributed by atoms with Gasteiger partial charge in [-0.3, -0.25) is 4.79 Å². The summed E-state index contributed by atoms with van der Waals surface area (Å²) in [6, 6.07) is 9.67. The fraction of sp³-hybridized carbons (Fsp3) is 0.294. The van der Waals surface area contributed by atoms with E-state index in [9.17, 15) is 4.79 Å². The number of nitrogens with one attached hydrogen (secondary N) is 1. The van der Waals surface area contributed by atoms with Crippen molar-refractivity contribution in [1.29, 1.82) is 0 Å². The molecule has 0 unspecified atom stereocenters. The van der Waals surface area contributed by atoms with E-state index in [-0.39, 0.29) is 5.91 Å². The van der Waals surface area contributed by atoms with Crippen LogP contribution < -0.4 is 5.32 Å². The molecule has 1 aliphatic heterocycles. The Morgan fingerprint density at radius 3 is 2.70 bits per heavy atom. The molecule has 0 radical (unpaired) electrons. The highest BCUT2D eigenvalue weighted by atomic mass is 79.9. The van der Waals surface area contributed by atoms with Crippen LogP contribution >= 0.6 is 15.9 Å². The number of ether oxygens (including phenoxy) is 1. The van der Waals surface area contributed by atoms with E-state index >= 15 is 0 Å². The summed E-state index contributed by atoms with van der Waals surface area (Å²) in [5, 5.41) is 3.32. The van der Waals surface area contributed by atoms with Crippen molar-refractivity contribution in [3.05, 3.63) is 52.3 Å². The number of anilines is 2. The third-order valence-electron chi connectivity index (χ3n) is 3.75. The predicted octanol–water partition coefficient (Wildman–Crippen LogP) is 3.37. The van der Waals surface area contributed by atoms with Crippen molar-refractivity contribution in [3.63, 3.8) is 0 Å². The van der Waals surface area contributed by atoms with Crippen molar-refractivity contribution in [2.24, 2.45) is 0 Å². The van der Waals surface area contributed by atoms with Gasteiger partial charge in [-0.05, 0) is 42.8 Å². The first kappa shape index (κ1) is 16.0. The standard InChI is InChI=1S/C17H18BrN3O2/c1-12-10-13(18)2-4-15(12)20-14-3-5-16(19-11-14)17(22)21-6-8-23-9-7-21/h2-5,10-11,20H,6-9H2,1H3. The number of pyridine rings is 1. The Labute approximate surface area is 143 Å². The predicted molar refractivity (Wildman–Crippen MR) is 93.1 cm³/mol. The number of halogens is 1. The SMILES string of the molecule is Cc1cc(Br)ccc1Nc1ccc(C(=O)N2CCOCC2)nc1. The number of rotatable bonds is 3. The molecule has 1 aromatic heterocycles. The second-order valence-corrected chi connectivity index (χ2v) is 6.34. The van der Waals surface area contributed by atoms with Gasteiger partial charge in [0.2, 0.25) is 0 Å². The van der Waals surface area contributed by atoms with Gasteiger partial charge in [-0.1, -0.05) is 15.9 Å². The van der Waals surface area contributed by atoms with E-state index in [1.54, 1.807) is 17.2 Å². The first-order valence-corrected chi connectivity index (χ1v) is 8.29. The maximum atomic E-state index is 12.3. The van der Waals surface area contributed by atoms with E-state index in [2.05, 4.69) is 26.2 Å². The van der Waals surface area contributed by atoms with Crippen molar-refractivity contribution >= 4 is 33.2 Å². The number of morpholine rings is 1. The van der Waals surface area contributed by atoms with Gasteiger partial charge in [0.1, 0.15) is 5.69 Å². The average Bonchev–Trinajstić information content (AvgIpc) is 2.58. The molecule has 0 aliphatic carbocycles. The Hall–Kier alpha value is -1.92. The van der Waals surface area contributed by atoms with Crippen LogP contribution in [0.5, 0.6) is 0 Å². The second kappa shape index (κ2) is 7.10. The van der Waals surface area contributed by atoms with Crippen LogP contribution in [0.4, 0.5) is 11.4 Å². The number of amides is 1. The number of aryl methyl sites for hydroxylation is 1. The van der Waals surface area contributed by atoms with Crippen LogP contribution in [0.1, 0.15) is 16.1 Å². The molecule has 0 spiro atoms. The Balaban J connectivity index is 1.70. The third kappa shape index (κ3) is 3.89. The van der Waals surface area contributed by atoms with Gasteiger partial charge in [-0.2, -0.15) is 0 Å². The quantitative estimate of drug-likeness (QED) is 0.893. The summed E-state index contributed by atoms with van der Waals surface area (Å²) in [5.74, 6) is -0.0420. The molecule has 1 aliphatic rings. The topological polar surface area (TPSA) is 54.5 Å². The van der Waals surface area contributed by atoms with Gasteiger partial charge in [0.05, 0.1) is 25.1 Å². The molecule has 1 amide bonds. The third-order valence-corrected chi connectivity index (χ3v) is 4.24. The minimum atomic E-state index is -0.0420. The van der Waals surface area contributed by atoms with Crippen LogP contribution in [-0.4, -0.2) is 42.1 Å². The normalized spacial score (nSPS) is 14.6. The van der Waals surface area contributed by atoms with Crippen LogP contribution in [0.2, 0.25) is 0 Å². The van der Waals surface area contributed by atoms with Crippen LogP contribution in [0.25, 0.3) is 0 Å². The number of hydrogen-bond donors (Lipinski definition) is 1. The van der Waals surface area contributed by atoms with Gasteiger partial charge < -0.3 is 15.0 Å². The number of aromatic nitrogens is 1. The van der Waals surface area contributed by atoms with E-state index in [0.29, 0.717) is 32.0 Å².